The number of urea groups is 1. The Morgan fingerprint density at radius 1 is 1.21 bits per heavy atom. The van der Waals surface area contributed by atoms with Crippen molar-refractivity contribution in [1.82, 2.24) is 20.4 Å². The summed E-state index contributed by atoms with van der Waals surface area (Å²) in [5, 5.41) is 8.73. The second-order valence-corrected chi connectivity index (χ2v) is 11.5. The number of hydrogen-bond acceptors (Lipinski definition) is 5. The van der Waals surface area contributed by atoms with Gasteiger partial charge in [0.2, 0.25) is 11.8 Å². The molecule has 3 fully saturated rings. The summed E-state index contributed by atoms with van der Waals surface area (Å²) in [4.78, 5) is 53.4. The van der Waals surface area contributed by atoms with Gasteiger partial charge >= 0.3 is 6.03 Å². The predicted octanol–water partition coefficient (Wildman–Crippen LogP) is 2.93. The molecule has 0 spiro atoms. The summed E-state index contributed by atoms with van der Waals surface area (Å²) in [6.45, 7) is 4.68. The third-order valence-corrected chi connectivity index (χ3v) is 8.89. The van der Waals surface area contributed by atoms with E-state index in [0.717, 1.165) is 36.2 Å². The standard InChI is InChI=1S/C28H30ClN5O4/c1-15-21(28-10-18(28)13-33(2)14-28)8-19(9-22(15)29)31-27(38)30-11-16-3-4-17-12-34(26(37)20(17)7-16)23-5-6-24(35)32-25(23)36/h3-4,7-9,18,23H,5-6,10-14H2,1-2H3,(H2,30,31,38)(H,32,35,36). The number of likely N-dealkylation sites (N-methyl/N-ethyl adjacent to an activating group) is 1. The number of imide groups is 1. The minimum absolute atomic E-state index is 0.134. The summed E-state index contributed by atoms with van der Waals surface area (Å²) in [7, 11) is 2.14. The van der Waals surface area contributed by atoms with Crippen molar-refractivity contribution in [2.45, 2.75) is 50.7 Å². The van der Waals surface area contributed by atoms with Crippen molar-refractivity contribution >= 4 is 41.0 Å². The normalized spacial score (nSPS) is 26.2. The average Bonchev–Trinajstić information content (AvgIpc) is 3.29. The highest BCUT2D eigenvalue weighted by molar-refractivity contribution is 6.31. The van der Waals surface area contributed by atoms with Crippen LogP contribution in [0.25, 0.3) is 0 Å². The van der Waals surface area contributed by atoms with E-state index in [1.165, 1.54) is 10.5 Å². The Morgan fingerprint density at radius 2 is 2.03 bits per heavy atom. The first kappa shape index (κ1) is 24.9. The van der Waals surface area contributed by atoms with Crippen LogP contribution < -0.4 is 16.0 Å². The lowest BCUT2D eigenvalue weighted by molar-refractivity contribution is -0.136. The number of amides is 5. The van der Waals surface area contributed by atoms with E-state index in [9.17, 15) is 19.2 Å². The van der Waals surface area contributed by atoms with Gasteiger partial charge in [0.15, 0.2) is 0 Å². The van der Waals surface area contributed by atoms with Crippen LogP contribution in [0.15, 0.2) is 30.3 Å². The summed E-state index contributed by atoms with van der Waals surface area (Å²) in [6.07, 6.45) is 1.69. The van der Waals surface area contributed by atoms with Gasteiger partial charge in [0.25, 0.3) is 5.91 Å². The lowest BCUT2D eigenvalue weighted by Crippen LogP contribution is -2.52. The molecule has 38 heavy (non-hydrogen) atoms. The number of carbonyl (C=O) groups is 4. The number of benzene rings is 2. The van der Waals surface area contributed by atoms with Crippen molar-refractivity contribution in [3.63, 3.8) is 0 Å². The van der Waals surface area contributed by atoms with Gasteiger partial charge in [-0.05, 0) is 73.2 Å². The third kappa shape index (κ3) is 4.23. The van der Waals surface area contributed by atoms with E-state index in [2.05, 4.69) is 34.0 Å². The molecule has 6 rings (SSSR count). The molecule has 2 saturated heterocycles. The van der Waals surface area contributed by atoms with Crippen LogP contribution in [0.5, 0.6) is 0 Å². The van der Waals surface area contributed by atoms with Crippen molar-refractivity contribution in [3.8, 4) is 0 Å². The monoisotopic (exact) mass is 535 g/mol. The molecule has 3 heterocycles. The summed E-state index contributed by atoms with van der Waals surface area (Å²) < 4.78 is 0. The van der Waals surface area contributed by atoms with E-state index in [-0.39, 0.29) is 36.2 Å². The zero-order valence-corrected chi connectivity index (χ0v) is 22.2. The Hall–Kier alpha value is -3.43. The van der Waals surface area contributed by atoms with E-state index in [0.29, 0.717) is 35.2 Å². The summed E-state index contributed by atoms with van der Waals surface area (Å²) >= 11 is 6.56. The summed E-state index contributed by atoms with van der Waals surface area (Å²) in [6, 6.07) is 8.30. The lowest BCUT2D eigenvalue weighted by Gasteiger charge is -2.29. The zero-order chi connectivity index (χ0) is 26.8. The molecular weight excluding hydrogens is 506 g/mol. The van der Waals surface area contributed by atoms with E-state index in [4.69, 9.17) is 11.6 Å². The SMILES string of the molecule is Cc1c(Cl)cc(NC(=O)NCc2ccc3c(c2)C(=O)N(C2CCC(=O)NC2=O)C3)cc1C12CC1CN(C)C2. The smallest absolute Gasteiger partial charge is 0.319 e. The number of anilines is 1. The van der Waals surface area contributed by atoms with Crippen LogP contribution in [0.2, 0.25) is 5.02 Å². The number of rotatable bonds is 5. The van der Waals surface area contributed by atoms with Crippen LogP contribution in [0.1, 0.15) is 51.9 Å². The largest absolute Gasteiger partial charge is 0.334 e. The molecule has 1 aliphatic carbocycles. The van der Waals surface area contributed by atoms with Gasteiger partial charge in [-0.2, -0.15) is 0 Å². The van der Waals surface area contributed by atoms with Crippen LogP contribution in [-0.2, 0) is 28.1 Å². The van der Waals surface area contributed by atoms with Crippen molar-refractivity contribution in [2.75, 3.05) is 25.5 Å². The highest BCUT2D eigenvalue weighted by Gasteiger charge is 2.60. The predicted molar refractivity (Wildman–Crippen MR) is 142 cm³/mol. The van der Waals surface area contributed by atoms with Gasteiger partial charge in [-0.3, -0.25) is 19.7 Å². The van der Waals surface area contributed by atoms with E-state index in [1.807, 2.05) is 19.1 Å². The summed E-state index contributed by atoms with van der Waals surface area (Å²) in [5.74, 6) is -0.344. The van der Waals surface area contributed by atoms with Gasteiger partial charge in [0.05, 0.1) is 0 Å². The first-order valence-electron chi connectivity index (χ1n) is 12.9. The molecule has 2 aromatic rings. The quantitative estimate of drug-likeness (QED) is 0.510. The van der Waals surface area contributed by atoms with Crippen LogP contribution in [0.3, 0.4) is 0 Å². The van der Waals surface area contributed by atoms with E-state index in [1.54, 1.807) is 12.1 Å². The van der Waals surface area contributed by atoms with Crippen LogP contribution in [-0.4, -0.2) is 59.7 Å². The first-order chi connectivity index (χ1) is 18.1. The Bertz CT molecular complexity index is 1390. The molecule has 4 aliphatic rings. The van der Waals surface area contributed by atoms with Gasteiger partial charge in [-0.25, -0.2) is 4.79 Å². The van der Waals surface area contributed by atoms with Gasteiger partial charge in [-0.15, -0.1) is 0 Å². The minimum atomic E-state index is -0.652. The van der Waals surface area contributed by atoms with Crippen molar-refractivity contribution < 1.29 is 19.2 Å². The third-order valence-electron chi connectivity index (χ3n) is 8.50. The number of nitrogens with one attached hydrogen (secondary N) is 3. The maximum atomic E-state index is 13.1. The van der Waals surface area contributed by atoms with E-state index >= 15 is 0 Å². The van der Waals surface area contributed by atoms with Crippen LogP contribution in [0, 0.1) is 12.8 Å². The molecule has 3 N–H and O–H groups in total. The maximum absolute atomic E-state index is 13.1. The highest BCUT2D eigenvalue weighted by Crippen LogP contribution is 2.60. The fraction of sp³-hybridized carbons (Fsp3) is 0.429. The summed E-state index contributed by atoms with van der Waals surface area (Å²) in [5.41, 5.74) is 5.20. The molecule has 0 radical (unpaired) electrons. The van der Waals surface area contributed by atoms with Gasteiger partial charge < -0.3 is 20.4 Å². The number of fused-ring (bicyclic) bond motifs is 2. The zero-order valence-electron chi connectivity index (χ0n) is 21.4. The highest BCUT2D eigenvalue weighted by atomic mass is 35.5. The van der Waals surface area contributed by atoms with Gasteiger partial charge in [0.1, 0.15) is 6.04 Å². The number of hydrogen-bond donors (Lipinski definition) is 3. The van der Waals surface area contributed by atoms with Crippen molar-refractivity contribution in [2.24, 2.45) is 5.92 Å². The molecule has 5 amide bonds. The molecule has 3 aliphatic heterocycles. The maximum Gasteiger partial charge on any atom is 0.319 e. The molecule has 0 aromatic heterocycles. The van der Waals surface area contributed by atoms with Crippen molar-refractivity contribution in [3.05, 3.63) is 63.2 Å². The van der Waals surface area contributed by atoms with Crippen LogP contribution in [0.4, 0.5) is 10.5 Å². The fourth-order valence-electron chi connectivity index (χ4n) is 6.49. The molecular formula is C28H30ClN5O4. The fourth-order valence-corrected chi connectivity index (χ4v) is 6.71. The Labute approximate surface area is 225 Å². The molecule has 2 aromatic carbocycles. The average molecular weight is 536 g/mol. The Balaban J connectivity index is 1.10. The molecule has 0 bridgehead atoms. The molecule has 9 nitrogen and oxygen atoms in total. The first-order valence-corrected chi connectivity index (χ1v) is 13.3. The number of carbonyl (C=O) groups excluding carboxylic acids is 4. The number of halogens is 1. The second kappa shape index (κ2) is 9.10. The second-order valence-electron chi connectivity index (χ2n) is 11.1. The van der Waals surface area contributed by atoms with E-state index < -0.39 is 11.9 Å². The molecule has 3 unspecified atom stereocenters. The molecule has 3 atom stereocenters. The lowest BCUT2D eigenvalue weighted by atomic mass is 9.90. The van der Waals surface area contributed by atoms with Gasteiger partial charge in [-0.1, -0.05) is 23.7 Å². The number of nitrogens with zero attached hydrogens (tertiary/aromatic N) is 2. The minimum Gasteiger partial charge on any atom is -0.334 e. The molecule has 1 saturated carbocycles. The number of piperidine rings is 2. The molecule has 198 valence electrons. The number of likely N-dealkylation sites (tertiary alicyclic amines) is 1. The topological polar surface area (TPSA) is 111 Å². The Kier molecular flexibility index (Phi) is 5.96. The molecule has 10 heteroatoms. The van der Waals surface area contributed by atoms with Gasteiger partial charge in [0, 0.05) is 54.3 Å². The Morgan fingerprint density at radius 3 is 2.76 bits per heavy atom. The van der Waals surface area contributed by atoms with Crippen LogP contribution >= 0.6 is 11.6 Å². The van der Waals surface area contributed by atoms with Crippen molar-refractivity contribution in [1.29, 1.82) is 0 Å².